The lowest BCUT2D eigenvalue weighted by atomic mass is 9.92. The molecule has 41 heavy (non-hydrogen) atoms. The van der Waals surface area contributed by atoms with Crippen LogP contribution in [0.5, 0.6) is 0 Å². The molecule has 1 saturated heterocycles. The van der Waals surface area contributed by atoms with Crippen LogP contribution in [-0.4, -0.2) is 69.8 Å². The summed E-state index contributed by atoms with van der Waals surface area (Å²) in [5.74, 6) is -3.68. The van der Waals surface area contributed by atoms with E-state index in [1.807, 2.05) is 25.1 Å². The van der Waals surface area contributed by atoms with E-state index in [1.165, 1.54) is 21.8 Å². The van der Waals surface area contributed by atoms with Crippen LogP contribution >= 0.6 is 11.3 Å². The SMILES string of the molecule is CCc1nc2ccc(-n3nc(C)nc3[C@@H]3OC(CO)[C@H](O)[C@H](n4cc(-c5cc(F)c(F)c(F)c5)cn4)C3O)cc2s1. The summed E-state index contributed by atoms with van der Waals surface area (Å²) in [6.07, 6.45) is -1.72. The molecule has 3 N–H and O–H groups in total. The summed E-state index contributed by atoms with van der Waals surface area (Å²) in [5, 5.41) is 42.3. The largest absolute Gasteiger partial charge is 0.394 e. The van der Waals surface area contributed by atoms with E-state index in [1.54, 1.807) is 18.3 Å². The molecule has 10 nitrogen and oxygen atoms in total. The zero-order valence-electron chi connectivity index (χ0n) is 21.8. The summed E-state index contributed by atoms with van der Waals surface area (Å²) in [6, 6.07) is 6.10. The van der Waals surface area contributed by atoms with Crippen molar-refractivity contribution in [2.75, 3.05) is 6.61 Å². The molecule has 0 spiro atoms. The second-order valence-electron chi connectivity index (χ2n) is 9.75. The van der Waals surface area contributed by atoms with Gasteiger partial charge in [-0.2, -0.15) is 10.2 Å². The van der Waals surface area contributed by atoms with Crippen LogP contribution in [0.2, 0.25) is 0 Å². The first-order valence-electron chi connectivity index (χ1n) is 12.8. The Hall–Kier alpha value is -3.69. The molecule has 1 aliphatic rings. The van der Waals surface area contributed by atoms with Crippen LogP contribution in [0.15, 0.2) is 42.7 Å². The number of hydrogen-bond donors (Lipinski definition) is 3. The van der Waals surface area contributed by atoms with Gasteiger partial charge in [-0.05, 0) is 49.2 Å². The minimum Gasteiger partial charge on any atom is -0.394 e. The zero-order chi connectivity index (χ0) is 29.0. The van der Waals surface area contributed by atoms with Crippen molar-refractivity contribution in [3.63, 3.8) is 0 Å². The standard InChI is InChI=1S/C27H25F3N6O4S/c1-3-21-33-18-5-4-15(8-20(18)41-21)36-27(32-12(2)34-36)26-25(39)23(24(38)19(11-37)40-26)35-10-14(9-31-35)13-6-16(28)22(30)17(29)7-13/h4-10,19,23-26,37-39H,3,11H2,1-2H3/t19?,23-,24-,25?,26+/m0/s1. The van der Waals surface area contributed by atoms with Gasteiger partial charge in [-0.15, -0.1) is 11.3 Å². The van der Waals surface area contributed by atoms with Crippen LogP contribution in [0.4, 0.5) is 13.2 Å². The van der Waals surface area contributed by atoms with Crippen molar-refractivity contribution in [2.24, 2.45) is 0 Å². The van der Waals surface area contributed by atoms with Gasteiger partial charge < -0.3 is 20.1 Å². The van der Waals surface area contributed by atoms with E-state index >= 15 is 0 Å². The average molecular weight is 587 g/mol. The van der Waals surface area contributed by atoms with Gasteiger partial charge >= 0.3 is 0 Å². The van der Waals surface area contributed by atoms with E-state index < -0.39 is 54.5 Å². The highest BCUT2D eigenvalue weighted by Crippen LogP contribution is 2.39. The Morgan fingerprint density at radius 1 is 1.02 bits per heavy atom. The van der Waals surface area contributed by atoms with Crippen LogP contribution < -0.4 is 0 Å². The monoisotopic (exact) mass is 586 g/mol. The molecule has 5 aromatic rings. The van der Waals surface area contributed by atoms with E-state index in [0.717, 1.165) is 33.8 Å². The number of aliphatic hydroxyl groups excluding tert-OH is 3. The van der Waals surface area contributed by atoms with Gasteiger partial charge in [-0.3, -0.25) is 4.68 Å². The summed E-state index contributed by atoms with van der Waals surface area (Å²) in [5.41, 5.74) is 1.73. The number of nitrogens with zero attached hydrogens (tertiary/aromatic N) is 6. The fraction of sp³-hybridized carbons (Fsp3) is 0.333. The van der Waals surface area contributed by atoms with E-state index in [0.29, 0.717) is 11.5 Å². The van der Waals surface area contributed by atoms with Crippen molar-refractivity contribution in [3.8, 4) is 16.8 Å². The van der Waals surface area contributed by atoms with Crippen molar-refractivity contribution >= 4 is 21.6 Å². The van der Waals surface area contributed by atoms with E-state index in [2.05, 4.69) is 20.2 Å². The highest BCUT2D eigenvalue weighted by molar-refractivity contribution is 7.18. The molecule has 14 heteroatoms. The van der Waals surface area contributed by atoms with Crippen LogP contribution in [0, 0.1) is 24.4 Å². The van der Waals surface area contributed by atoms with Gasteiger partial charge in [0.1, 0.15) is 36.3 Å². The Balaban J connectivity index is 1.38. The molecule has 214 valence electrons. The quantitative estimate of drug-likeness (QED) is 0.258. The molecule has 2 unspecified atom stereocenters. The Morgan fingerprint density at radius 2 is 1.78 bits per heavy atom. The summed E-state index contributed by atoms with van der Waals surface area (Å²) in [4.78, 5) is 9.10. The van der Waals surface area contributed by atoms with E-state index in [9.17, 15) is 28.5 Å². The van der Waals surface area contributed by atoms with Gasteiger partial charge in [0.05, 0.1) is 33.7 Å². The lowest BCUT2D eigenvalue weighted by Gasteiger charge is -2.41. The molecule has 0 amide bonds. The van der Waals surface area contributed by atoms with Crippen molar-refractivity contribution in [1.82, 2.24) is 29.5 Å². The second-order valence-corrected chi connectivity index (χ2v) is 10.9. The number of hydrogen-bond acceptors (Lipinski definition) is 9. The highest BCUT2D eigenvalue weighted by atomic mass is 32.1. The van der Waals surface area contributed by atoms with Gasteiger partial charge in [-0.1, -0.05) is 6.92 Å². The molecule has 1 fully saturated rings. The summed E-state index contributed by atoms with van der Waals surface area (Å²) in [7, 11) is 0. The summed E-state index contributed by atoms with van der Waals surface area (Å²) in [6.45, 7) is 3.13. The second kappa shape index (κ2) is 10.6. The maximum atomic E-state index is 13.8. The first-order valence-corrected chi connectivity index (χ1v) is 13.6. The normalized spacial score (nSPS) is 23.0. The van der Waals surface area contributed by atoms with Gasteiger partial charge in [0.15, 0.2) is 23.3 Å². The Kier molecular flexibility index (Phi) is 7.11. The molecule has 0 saturated carbocycles. The zero-order valence-corrected chi connectivity index (χ0v) is 22.6. The fourth-order valence-electron chi connectivity index (χ4n) is 5.05. The predicted octanol–water partition coefficient (Wildman–Crippen LogP) is 3.42. The molecule has 4 heterocycles. The van der Waals surface area contributed by atoms with Crippen LogP contribution in [-0.2, 0) is 11.2 Å². The third kappa shape index (κ3) is 4.81. The Morgan fingerprint density at radius 3 is 2.49 bits per heavy atom. The van der Waals surface area contributed by atoms with E-state index in [4.69, 9.17) is 4.74 Å². The number of fused-ring (bicyclic) bond motifs is 1. The third-order valence-electron chi connectivity index (χ3n) is 7.07. The first kappa shape index (κ1) is 27.5. The molecule has 0 aliphatic carbocycles. The molecule has 5 atom stereocenters. The number of aliphatic hydroxyl groups is 3. The highest BCUT2D eigenvalue weighted by Gasteiger charge is 2.48. The molecule has 0 bridgehead atoms. The topological polar surface area (TPSA) is 131 Å². The maximum Gasteiger partial charge on any atom is 0.194 e. The Bertz CT molecular complexity index is 1720. The van der Waals surface area contributed by atoms with Crippen LogP contribution in [0.3, 0.4) is 0 Å². The fourth-order valence-corrected chi connectivity index (χ4v) is 5.99. The molecule has 6 rings (SSSR count). The number of rotatable bonds is 6. The lowest BCUT2D eigenvalue weighted by molar-refractivity contribution is -0.210. The lowest BCUT2D eigenvalue weighted by Crippen LogP contribution is -2.53. The number of aryl methyl sites for hydroxylation is 2. The minimum atomic E-state index is -1.59. The minimum absolute atomic E-state index is 0.0130. The van der Waals surface area contributed by atoms with Gasteiger partial charge in [-0.25, -0.2) is 27.8 Å². The van der Waals surface area contributed by atoms with Gasteiger partial charge in [0, 0.05) is 11.8 Å². The molecular formula is C27H25F3N6O4S. The number of benzene rings is 2. The first-order chi connectivity index (χ1) is 19.7. The molecule has 1 aliphatic heterocycles. The van der Waals surface area contributed by atoms with Crippen molar-refractivity contribution in [2.45, 2.75) is 50.7 Å². The number of halogens is 3. The third-order valence-corrected chi connectivity index (χ3v) is 8.23. The smallest absolute Gasteiger partial charge is 0.194 e. The predicted molar refractivity (Wildman–Crippen MR) is 142 cm³/mol. The van der Waals surface area contributed by atoms with Crippen molar-refractivity contribution < 1.29 is 33.2 Å². The summed E-state index contributed by atoms with van der Waals surface area (Å²) >= 11 is 1.56. The maximum absolute atomic E-state index is 13.8. The van der Waals surface area contributed by atoms with Crippen molar-refractivity contribution in [3.05, 3.63) is 76.8 Å². The summed E-state index contributed by atoms with van der Waals surface area (Å²) < 4.78 is 50.8. The van der Waals surface area contributed by atoms with Gasteiger partial charge in [0.2, 0.25) is 0 Å². The number of ether oxygens (including phenoxy) is 1. The van der Waals surface area contributed by atoms with Crippen LogP contribution in [0.25, 0.3) is 27.0 Å². The molecule has 2 aromatic carbocycles. The van der Waals surface area contributed by atoms with Crippen molar-refractivity contribution in [1.29, 1.82) is 0 Å². The number of aromatic nitrogens is 6. The van der Waals surface area contributed by atoms with E-state index in [-0.39, 0.29) is 17.0 Å². The molecular weight excluding hydrogens is 561 g/mol. The van der Waals surface area contributed by atoms with Crippen LogP contribution in [0.1, 0.15) is 35.7 Å². The average Bonchev–Trinajstić information content (AvgIpc) is 3.69. The Labute approximate surface area is 235 Å². The van der Waals surface area contributed by atoms with Gasteiger partial charge in [0.25, 0.3) is 0 Å². The number of thiazole rings is 1. The molecule has 0 radical (unpaired) electrons. The molecule has 3 aromatic heterocycles.